The Balaban J connectivity index is 1.85. The van der Waals surface area contributed by atoms with Crippen LogP contribution in [0.15, 0.2) is 0 Å². The molecule has 2 unspecified atom stereocenters. The zero-order valence-corrected chi connectivity index (χ0v) is 11.5. The van der Waals surface area contributed by atoms with E-state index in [2.05, 4.69) is 12.2 Å². The Morgan fingerprint density at radius 1 is 1.26 bits per heavy atom. The van der Waals surface area contributed by atoms with Crippen molar-refractivity contribution < 1.29 is 19.4 Å². The highest BCUT2D eigenvalue weighted by atomic mass is 16.5. The van der Waals surface area contributed by atoms with Crippen molar-refractivity contribution in [3.63, 3.8) is 0 Å². The molecule has 0 aromatic heterocycles. The molecule has 2 aliphatic rings. The number of carboxylic acid groups (broad SMARTS) is 1. The third kappa shape index (κ3) is 3.47. The van der Waals surface area contributed by atoms with Crippen molar-refractivity contribution in [2.45, 2.75) is 39.0 Å². The van der Waals surface area contributed by atoms with Crippen LogP contribution in [0, 0.1) is 17.3 Å². The number of nitrogens with one attached hydrogen (secondary N) is 1. The normalized spacial score (nSPS) is 29.9. The van der Waals surface area contributed by atoms with Crippen LogP contribution in [0.3, 0.4) is 0 Å². The summed E-state index contributed by atoms with van der Waals surface area (Å²) in [5, 5.41) is 12.1. The van der Waals surface area contributed by atoms with Crippen LogP contribution < -0.4 is 5.32 Å². The lowest BCUT2D eigenvalue weighted by molar-refractivity contribution is -0.146. The molecule has 2 rings (SSSR count). The standard InChI is InChI=1S/C14H23NO4/c1-14(5-7-19-8-6-14)9-15-12(16)10-3-2-4-11(10)13(17)18/h10-11H,2-9H2,1H3,(H,15,16)(H,17,18). The van der Waals surface area contributed by atoms with Gasteiger partial charge in [-0.05, 0) is 31.1 Å². The number of hydrogen-bond donors (Lipinski definition) is 2. The molecule has 5 heteroatoms. The van der Waals surface area contributed by atoms with Crippen molar-refractivity contribution in [1.29, 1.82) is 0 Å². The van der Waals surface area contributed by atoms with E-state index in [9.17, 15) is 9.59 Å². The average Bonchev–Trinajstić information content (AvgIpc) is 2.86. The molecule has 1 heterocycles. The van der Waals surface area contributed by atoms with E-state index in [1.54, 1.807) is 0 Å². The van der Waals surface area contributed by atoms with Crippen LogP contribution in [0.25, 0.3) is 0 Å². The first-order chi connectivity index (χ1) is 9.02. The number of aliphatic carboxylic acids is 1. The number of amides is 1. The second kappa shape index (κ2) is 5.90. The van der Waals surface area contributed by atoms with Gasteiger partial charge in [-0.15, -0.1) is 0 Å². The zero-order valence-electron chi connectivity index (χ0n) is 11.5. The summed E-state index contributed by atoms with van der Waals surface area (Å²) < 4.78 is 5.33. The topological polar surface area (TPSA) is 75.6 Å². The minimum Gasteiger partial charge on any atom is -0.481 e. The molecular weight excluding hydrogens is 246 g/mol. The highest BCUT2D eigenvalue weighted by Crippen LogP contribution is 2.33. The van der Waals surface area contributed by atoms with Crippen molar-refractivity contribution in [1.82, 2.24) is 5.32 Å². The quantitative estimate of drug-likeness (QED) is 0.809. The zero-order chi connectivity index (χ0) is 13.9. The van der Waals surface area contributed by atoms with Gasteiger partial charge in [-0.25, -0.2) is 0 Å². The van der Waals surface area contributed by atoms with Gasteiger partial charge in [0.15, 0.2) is 0 Å². The molecule has 2 atom stereocenters. The third-order valence-electron chi connectivity index (χ3n) is 4.56. The Morgan fingerprint density at radius 2 is 1.89 bits per heavy atom. The van der Waals surface area contributed by atoms with Crippen molar-refractivity contribution >= 4 is 11.9 Å². The van der Waals surface area contributed by atoms with Gasteiger partial charge in [0.25, 0.3) is 0 Å². The summed E-state index contributed by atoms with van der Waals surface area (Å²) in [5.41, 5.74) is 0.0885. The smallest absolute Gasteiger partial charge is 0.307 e. The van der Waals surface area contributed by atoms with Gasteiger partial charge in [0.1, 0.15) is 0 Å². The lowest BCUT2D eigenvalue weighted by Crippen LogP contribution is -2.43. The van der Waals surface area contributed by atoms with Gasteiger partial charge in [0, 0.05) is 19.8 Å². The first-order valence-corrected chi connectivity index (χ1v) is 7.10. The van der Waals surface area contributed by atoms with Gasteiger partial charge in [0.2, 0.25) is 5.91 Å². The number of rotatable bonds is 4. The summed E-state index contributed by atoms with van der Waals surface area (Å²) in [6.45, 7) is 4.26. The molecular formula is C14H23NO4. The van der Waals surface area contributed by atoms with Gasteiger partial charge in [0.05, 0.1) is 11.8 Å². The first-order valence-electron chi connectivity index (χ1n) is 7.10. The van der Waals surface area contributed by atoms with Crippen LogP contribution in [0.4, 0.5) is 0 Å². The van der Waals surface area contributed by atoms with Crippen LogP contribution >= 0.6 is 0 Å². The minimum absolute atomic E-state index is 0.0855. The van der Waals surface area contributed by atoms with Gasteiger partial charge in [-0.1, -0.05) is 13.3 Å². The predicted octanol–water partition coefficient (Wildman–Crippen LogP) is 1.42. The highest BCUT2D eigenvalue weighted by molar-refractivity contribution is 5.85. The molecule has 2 N–H and O–H groups in total. The number of hydrogen-bond acceptors (Lipinski definition) is 3. The summed E-state index contributed by atoms with van der Waals surface area (Å²) in [7, 11) is 0. The minimum atomic E-state index is -0.838. The van der Waals surface area contributed by atoms with E-state index in [1.165, 1.54) is 0 Å². The second-order valence-electron chi connectivity index (χ2n) is 6.12. The van der Waals surface area contributed by atoms with E-state index >= 15 is 0 Å². The molecule has 108 valence electrons. The van der Waals surface area contributed by atoms with E-state index in [4.69, 9.17) is 9.84 Å². The third-order valence-corrected chi connectivity index (χ3v) is 4.56. The molecule has 0 radical (unpaired) electrons. The summed E-state index contributed by atoms with van der Waals surface area (Å²) in [5.74, 6) is -1.77. The maximum atomic E-state index is 12.1. The predicted molar refractivity (Wildman–Crippen MR) is 69.6 cm³/mol. The van der Waals surface area contributed by atoms with Crippen molar-refractivity contribution in [3.05, 3.63) is 0 Å². The largest absolute Gasteiger partial charge is 0.481 e. The Hall–Kier alpha value is -1.10. The van der Waals surface area contributed by atoms with Gasteiger partial charge in [-0.2, -0.15) is 0 Å². The molecule has 1 amide bonds. The monoisotopic (exact) mass is 269 g/mol. The Labute approximate surface area is 113 Å². The Morgan fingerprint density at radius 3 is 2.53 bits per heavy atom. The molecule has 0 aromatic carbocycles. The maximum absolute atomic E-state index is 12.1. The molecule has 1 saturated carbocycles. The van der Waals surface area contributed by atoms with Crippen LogP contribution in [0.1, 0.15) is 39.0 Å². The van der Waals surface area contributed by atoms with Crippen molar-refractivity contribution in [3.8, 4) is 0 Å². The molecule has 5 nitrogen and oxygen atoms in total. The van der Waals surface area contributed by atoms with E-state index in [-0.39, 0.29) is 17.2 Å². The fourth-order valence-corrected chi connectivity index (χ4v) is 3.04. The van der Waals surface area contributed by atoms with E-state index in [0.29, 0.717) is 19.4 Å². The van der Waals surface area contributed by atoms with Crippen molar-refractivity contribution in [2.24, 2.45) is 17.3 Å². The summed E-state index contributed by atoms with van der Waals surface area (Å²) in [6.07, 6.45) is 4.04. The SMILES string of the molecule is CC1(CNC(=O)C2CCCC2C(=O)O)CCOCC1. The second-order valence-corrected chi connectivity index (χ2v) is 6.12. The average molecular weight is 269 g/mol. The fourth-order valence-electron chi connectivity index (χ4n) is 3.04. The molecule has 2 fully saturated rings. The number of carbonyl (C=O) groups is 2. The van der Waals surface area contributed by atoms with Crippen LogP contribution in [-0.4, -0.2) is 36.7 Å². The highest BCUT2D eigenvalue weighted by Gasteiger charge is 2.38. The summed E-state index contributed by atoms with van der Waals surface area (Å²) in [4.78, 5) is 23.2. The molecule has 0 bridgehead atoms. The van der Waals surface area contributed by atoms with Crippen molar-refractivity contribution in [2.75, 3.05) is 19.8 Å². The fraction of sp³-hybridized carbons (Fsp3) is 0.857. The van der Waals surface area contributed by atoms with Crippen LogP contribution in [0.5, 0.6) is 0 Å². The van der Waals surface area contributed by atoms with E-state index in [1.807, 2.05) is 0 Å². The summed E-state index contributed by atoms with van der Waals surface area (Å²) >= 11 is 0. The number of carboxylic acids is 1. The van der Waals surface area contributed by atoms with Gasteiger partial charge < -0.3 is 15.2 Å². The Bertz CT molecular complexity index is 349. The van der Waals surface area contributed by atoms with Crippen LogP contribution in [-0.2, 0) is 14.3 Å². The lowest BCUT2D eigenvalue weighted by atomic mass is 9.82. The molecule has 0 aromatic rings. The van der Waals surface area contributed by atoms with E-state index in [0.717, 1.165) is 32.5 Å². The molecule has 1 aliphatic heterocycles. The summed E-state index contributed by atoms with van der Waals surface area (Å²) in [6, 6.07) is 0. The molecule has 1 saturated heterocycles. The van der Waals surface area contributed by atoms with Gasteiger partial charge in [-0.3, -0.25) is 9.59 Å². The number of ether oxygens (including phenoxy) is 1. The lowest BCUT2D eigenvalue weighted by Gasteiger charge is -2.34. The maximum Gasteiger partial charge on any atom is 0.307 e. The first kappa shape index (κ1) is 14.3. The number of carbonyl (C=O) groups excluding carboxylic acids is 1. The van der Waals surface area contributed by atoms with Crippen LogP contribution in [0.2, 0.25) is 0 Å². The molecule has 1 aliphatic carbocycles. The molecule has 0 spiro atoms. The Kier molecular flexibility index (Phi) is 4.45. The molecule has 19 heavy (non-hydrogen) atoms. The van der Waals surface area contributed by atoms with Gasteiger partial charge >= 0.3 is 5.97 Å². The van der Waals surface area contributed by atoms with E-state index < -0.39 is 11.9 Å².